The van der Waals surface area contributed by atoms with Crippen molar-refractivity contribution in [3.8, 4) is 6.07 Å². The Labute approximate surface area is 187 Å². The normalized spacial score (nSPS) is 42.7. The number of likely N-dealkylation sites (tertiary alicyclic amines) is 1. The van der Waals surface area contributed by atoms with Crippen LogP contribution in [0.15, 0.2) is 0 Å². The van der Waals surface area contributed by atoms with E-state index in [0.717, 1.165) is 44.9 Å². The van der Waals surface area contributed by atoms with Crippen molar-refractivity contribution in [2.24, 2.45) is 34.6 Å². The highest BCUT2D eigenvalue weighted by Gasteiger charge is 2.64. The van der Waals surface area contributed by atoms with Crippen LogP contribution in [-0.2, 0) is 19.1 Å². The third-order valence-electron chi connectivity index (χ3n) is 8.78. The van der Waals surface area contributed by atoms with Crippen LogP contribution in [-0.4, -0.2) is 57.6 Å². The van der Waals surface area contributed by atoms with Gasteiger partial charge in [-0.3, -0.25) is 14.4 Å². The maximum atomic E-state index is 13.5. The lowest BCUT2D eigenvalue weighted by Gasteiger charge is -2.62. The Morgan fingerprint density at radius 2 is 1.81 bits per heavy atom. The van der Waals surface area contributed by atoms with E-state index in [1.807, 2.05) is 0 Å². The summed E-state index contributed by atoms with van der Waals surface area (Å²) in [7, 11) is 0. The molecule has 7 unspecified atom stereocenters. The van der Waals surface area contributed by atoms with Gasteiger partial charge in [0.05, 0.1) is 12.1 Å². The van der Waals surface area contributed by atoms with E-state index in [1.165, 1.54) is 0 Å². The Bertz CT molecular complexity index is 870. The van der Waals surface area contributed by atoms with Gasteiger partial charge in [-0.05, 0) is 81.0 Å². The molecule has 32 heavy (non-hydrogen) atoms. The molecule has 9 nitrogen and oxygen atoms in total. The molecule has 6 rings (SSSR count). The third-order valence-corrected chi connectivity index (χ3v) is 8.78. The molecule has 1 saturated heterocycles. The van der Waals surface area contributed by atoms with E-state index in [-0.39, 0.29) is 30.8 Å². The molecule has 1 amide bonds. The molecule has 6 fully saturated rings. The van der Waals surface area contributed by atoms with Crippen molar-refractivity contribution in [1.82, 2.24) is 4.90 Å². The second-order valence-corrected chi connectivity index (χ2v) is 11.1. The molecular weight excluding hydrogens is 412 g/mol. The second kappa shape index (κ2) is 7.42. The monoisotopic (exact) mass is 444 g/mol. The number of esters is 1. The number of aliphatic carboxylic acids is 1. The Morgan fingerprint density at radius 3 is 2.44 bits per heavy atom. The first-order valence-electron chi connectivity index (χ1n) is 11.8. The number of nitriles is 1. The van der Waals surface area contributed by atoms with Crippen molar-refractivity contribution >= 4 is 17.8 Å². The van der Waals surface area contributed by atoms with Crippen LogP contribution >= 0.6 is 0 Å². The van der Waals surface area contributed by atoms with Crippen molar-refractivity contribution in [1.29, 1.82) is 5.26 Å². The summed E-state index contributed by atoms with van der Waals surface area (Å²) >= 11 is 0. The Morgan fingerprint density at radius 1 is 1.12 bits per heavy atom. The van der Waals surface area contributed by atoms with Crippen LogP contribution in [0.2, 0.25) is 0 Å². The minimum absolute atomic E-state index is 0.0350. The number of ether oxygens (including phenoxy) is 1. The van der Waals surface area contributed by atoms with E-state index >= 15 is 0 Å². The van der Waals surface area contributed by atoms with Gasteiger partial charge in [0.25, 0.3) is 0 Å². The fraction of sp³-hybridized carbons (Fsp3) is 0.826. The van der Waals surface area contributed by atoms with Crippen LogP contribution in [0.1, 0.15) is 64.2 Å². The standard InChI is InChI=1S/C23H32N4O5/c24-10-15-4-14-5-17(14)27(15)20(30)19(26)22-6-12-3-13(7-22)9-23(8-12,11-22)32-21(31)16(25)1-2-18(28)29/h12-17,19H,1-9,11,25-26H2,(H,28,29). The molecule has 5 saturated carbocycles. The van der Waals surface area contributed by atoms with E-state index in [1.54, 1.807) is 4.90 Å². The molecule has 174 valence electrons. The average molecular weight is 445 g/mol. The molecule has 4 bridgehead atoms. The molecule has 1 aliphatic heterocycles. The smallest absolute Gasteiger partial charge is 0.323 e. The minimum Gasteiger partial charge on any atom is -0.481 e. The average Bonchev–Trinajstić information content (AvgIpc) is 3.39. The first-order valence-corrected chi connectivity index (χ1v) is 11.8. The summed E-state index contributed by atoms with van der Waals surface area (Å²) in [6.45, 7) is 0. The maximum absolute atomic E-state index is 13.5. The number of carbonyl (C=O) groups is 3. The topological polar surface area (TPSA) is 160 Å². The molecule has 0 spiro atoms. The Hall–Kier alpha value is -2.18. The summed E-state index contributed by atoms with van der Waals surface area (Å²) in [5.41, 5.74) is 11.5. The van der Waals surface area contributed by atoms with Crippen LogP contribution < -0.4 is 11.5 Å². The molecule has 7 atom stereocenters. The molecule has 0 aromatic rings. The van der Waals surface area contributed by atoms with E-state index < -0.39 is 35.0 Å². The summed E-state index contributed by atoms with van der Waals surface area (Å²) in [6, 6.07) is 0.369. The van der Waals surface area contributed by atoms with Crippen molar-refractivity contribution in [3.63, 3.8) is 0 Å². The first-order chi connectivity index (χ1) is 15.2. The highest BCUT2D eigenvalue weighted by atomic mass is 16.6. The van der Waals surface area contributed by atoms with Gasteiger partial charge in [0.15, 0.2) is 0 Å². The van der Waals surface area contributed by atoms with Crippen LogP contribution in [0.4, 0.5) is 0 Å². The molecule has 5 aliphatic carbocycles. The lowest BCUT2D eigenvalue weighted by molar-refractivity contribution is -0.207. The van der Waals surface area contributed by atoms with Crippen LogP contribution in [0.3, 0.4) is 0 Å². The van der Waals surface area contributed by atoms with E-state index in [0.29, 0.717) is 24.2 Å². The fourth-order valence-electron chi connectivity index (χ4n) is 7.73. The maximum Gasteiger partial charge on any atom is 0.323 e. The van der Waals surface area contributed by atoms with Gasteiger partial charge >= 0.3 is 11.9 Å². The number of carboxylic acids is 1. The highest BCUT2D eigenvalue weighted by Crippen LogP contribution is 2.64. The fourth-order valence-corrected chi connectivity index (χ4v) is 7.73. The minimum atomic E-state index is -0.998. The molecule has 0 radical (unpaired) electrons. The summed E-state index contributed by atoms with van der Waals surface area (Å²) in [4.78, 5) is 38.8. The molecule has 5 N–H and O–H groups in total. The number of nitrogens with two attached hydrogens (primary N) is 2. The van der Waals surface area contributed by atoms with Gasteiger partial charge in [-0.25, -0.2) is 0 Å². The second-order valence-electron chi connectivity index (χ2n) is 11.1. The van der Waals surface area contributed by atoms with Crippen molar-refractivity contribution in [2.45, 2.75) is 94.0 Å². The largest absolute Gasteiger partial charge is 0.481 e. The van der Waals surface area contributed by atoms with Gasteiger partial charge in [-0.2, -0.15) is 5.26 Å². The number of amides is 1. The zero-order valence-electron chi connectivity index (χ0n) is 18.2. The number of piperidine rings is 1. The molecule has 1 heterocycles. The predicted octanol–water partition coefficient (Wildman–Crippen LogP) is 0.901. The first kappa shape index (κ1) is 21.7. The number of nitrogens with zero attached hydrogens (tertiary/aromatic N) is 2. The van der Waals surface area contributed by atoms with Gasteiger partial charge in [0, 0.05) is 12.5 Å². The number of carbonyl (C=O) groups excluding carboxylic acids is 2. The van der Waals surface area contributed by atoms with Gasteiger partial charge in [0.2, 0.25) is 5.91 Å². The number of hydrogen-bond donors (Lipinski definition) is 3. The SMILES string of the molecule is N#CC1CC2CC2N1C(=O)C(N)C12CC3CC(CC(OC(=O)C(N)CCC(=O)O)(C3)C1)C2. The lowest BCUT2D eigenvalue weighted by Crippen LogP contribution is -2.66. The molecular formula is C23H32N4O5. The number of rotatable bonds is 7. The van der Waals surface area contributed by atoms with E-state index in [4.69, 9.17) is 21.3 Å². The summed E-state index contributed by atoms with van der Waals surface area (Å²) in [5, 5.41) is 18.4. The molecule has 6 aliphatic rings. The third kappa shape index (κ3) is 3.48. The Balaban J connectivity index is 1.33. The van der Waals surface area contributed by atoms with Crippen LogP contribution in [0.25, 0.3) is 0 Å². The zero-order valence-corrected chi connectivity index (χ0v) is 18.2. The van der Waals surface area contributed by atoms with Gasteiger partial charge < -0.3 is 26.2 Å². The van der Waals surface area contributed by atoms with Crippen molar-refractivity contribution in [3.05, 3.63) is 0 Å². The number of carboxylic acid groups (broad SMARTS) is 1. The van der Waals surface area contributed by atoms with Crippen molar-refractivity contribution in [2.75, 3.05) is 0 Å². The van der Waals surface area contributed by atoms with Gasteiger partial charge in [0.1, 0.15) is 17.7 Å². The van der Waals surface area contributed by atoms with E-state index in [9.17, 15) is 19.6 Å². The van der Waals surface area contributed by atoms with Crippen LogP contribution in [0, 0.1) is 34.5 Å². The lowest BCUT2D eigenvalue weighted by atomic mass is 9.46. The molecule has 0 aromatic heterocycles. The number of fused-ring (bicyclic) bond motifs is 1. The number of hydrogen-bond acceptors (Lipinski definition) is 7. The van der Waals surface area contributed by atoms with Gasteiger partial charge in [-0.15, -0.1) is 0 Å². The Kier molecular flexibility index (Phi) is 5.02. The van der Waals surface area contributed by atoms with E-state index in [2.05, 4.69) is 6.07 Å². The molecule has 0 aromatic carbocycles. The summed E-state index contributed by atoms with van der Waals surface area (Å²) in [5.74, 6) is -0.556. The summed E-state index contributed by atoms with van der Waals surface area (Å²) in [6.07, 6.45) is 6.34. The quantitative estimate of drug-likeness (QED) is 0.488. The molecule has 9 heteroatoms. The van der Waals surface area contributed by atoms with Crippen molar-refractivity contribution < 1.29 is 24.2 Å². The highest BCUT2D eigenvalue weighted by molar-refractivity contribution is 5.84. The van der Waals surface area contributed by atoms with Crippen LogP contribution in [0.5, 0.6) is 0 Å². The predicted molar refractivity (Wildman–Crippen MR) is 112 cm³/mol. The van der Waals surface area contributed by atoms with Gasteiger partial charge in [-0.1, -0.05) is 0 Å². The zero-order chi connectivity index (χ0) is 22.8. The summed E-state index contributed by atoms with van der Waals surface area (Å²) < 4.78 is 6.01.